The Bertz CT molecular complexity index is 1370. The highest BCUT2D eigenvalue weighted by Crippen LogP contribution is 2.71. The summed E-state index contributed by atoms with van der Waals surface area (Å²) < 4.78 is 50.5. The molecular formula is C33H41F2NO8. The van der Waals surface area contributed by atoms with Gasteiger partial charge in [0.1, 0.15) is 12.8 Å². The van der Waals surface area contributed by atoms with Crippen LogP contribution in [0.2, 0.25) is 0 Å². The van der Waals surface area contributed by atoms with Crippen LogP contribution in [0, 0.1) is 28.6 Å². The number of alkyl halides is 2. The molecule has 1 aliphatic heterocycles. The van der Waals surface area contributed by atoms with Gasteiger partial charge in [-0.1, -0.05) is 19.9 Å². The molecule has 0 radical (unpaired) electrons. The van der Waals surface area contributed by atoms with E-state index in [1.165, 1.54) is 38.5 Å². The number of hydrogen-bond acceptors (Lipinski definition) is 8. The molecule has 4 fully saturated rings. The minimum absolute atomic E-state index is 0.000752. The number of nitrogens with zero attached hydrogens (tertiary/aromatic N) is 1. The number of carbonyl (C=O) groups excluding carboxylic acids is 3. The van der Waals surface area contributed by atoms with Crippen LogP contribution in [0.25, 0.3) is 0 Å². The van der Waals surface area contributed by atoms with E-state index in [1.807, 2.05) is 0 Å². The predicted molar refractivity (Wildman–Crippen MR) is 152 cm³/mol. The summed E-state index contributed by atoms with van der Waals surface area (Å²) in [4.78, 5) is 46.4. The molecule has 3 saturated carbocycles. The number of Topliss-reactive ketones (excluding diaryl/α,β-unsaturated/α-hetero) is 1. The Kier molecular flexibility index (Phi) is 7.79. The van der Waals surface area contributed by atoms with Crippen LogP contribution >= 0.6 is 0 Å². The van der Waals surface area contributed by atoms with Gasteiger partial charge in [-0.25, -0.2) is 13.8 Å². The third-order valence-corrected chi connectivity index (χ3v) is 11.4. The van der Waals surface area contributed by atoms with Crippen LogP contribution in [0.5, 0.6) is 0 Å². The zero-order valence-corrected chi connectivity index (χ0v) is 25.6. The molecule has 1 saturated heterocycles. The van der Waals surface area contributed by atoms with Crippen molar-refractivity contribution in [2.45, 2.75) is 89.1 Å². The highest BCUT2D eigenvalue weighted by molar-refractivity contribution is 6.01. The lowest BCUT2D eigenvalue weighted by Gasteiger charge is -2.63. The van der Waals surface area contributed by atoms with E-state index in [2.05, 4.69) is 0 Å². The first-order valence-corrected chi connectivity index (χ1v) is 15.5. The number of aliphatic hydroxyl groups excluding tert-OH is 1. The standard InChI is InChI=1S/C33H41F2NO8/c1-19-14-21-22-16-24(34)23-15-20(37)10-11-30(23,2)32(22,35)26(38)17-31(21,3)33(19,27(39)18-43-28-9-5-6-12-42-28)44-36(4)29(40)25-8-7-13-41-25/h7-8,10-11,13,15,19,21-22,24,26,28,38H,5-6,9,12,14,16-18H2,1-4H3/t19-,21?,22?,24+,26+,28?,30+,31+,32+,33+/m1/s1. The third kappa shape index (κ3) is 4.33. The first kappa shape index (κ1) is 31.3. The normalized spacial score (nSPS) is 43.1. The molecular weight excluding hydrogens is 576 g/mol. The molecule has 1 N–H and O–H groups in total. The van der Waals surface area contributed by atoms with E-state index >= 15 is 8.78 Å². The van der Waals surface area contributed by atoms with Gasteiger partial charge in [0, 0.05) is 30.4 Å². The Morgan fingerprint density at radius 1 is 1.20 bits per heavy atom. The van der Waals surface area contributed by atoms with Gasteiger partial charge in [-0.3, -0.25) is 19.2 Å². The maximum atomic E-state index is 17.7. The molecule has 9 nitrogen and oxygen atoms in total. The van der Waals surface area contributed by atoms with Crippen molar-refractivity contribution in [3.8, 4) is 0 Å². The fraction of sp³-hybridized carbons (Fsp3) is 0.667. The number of fused-ring (bicyclic) bond motifs is 5. The molecule has 1 aromatic heterocycles. The van der Waals surface area contributed by atoms with Gasteiger partial charge in [-0.2, -0.15) is 0 Å². The number of amides is 1. The molecule has 1 aromatic rings. The van der Waals surface area contributed by atoms with Gasteiger partial charge in [-0.05, 0) is 87.1 Å². The number of ketones is 2. The van der Waals surface area contributed by atoms with Crippen molar-refractivity contribution >= 4 is 17.5 Å². The first-order chi connectivity index (χ1) is 20.8. The number of hydrogen-bond donors (Lipinski definition) is 1. The number of furan rings is 1. The van der Waals surface area contributed by atoms with Crippen molar-refractivity contribution in [2.75, 3.05) is 20.3 Å². The second-order valence-electron chi connectivity index (χ2n) is 13.6. The molecule has 11 heteroatoms. The zero-order chi connectivity index (χ0) is 31.7. The lowest BCUT2D eigenvalue weighted by molar-refractivity contribution is -0.278. The van der Waals surface area contributed by atoms with E-state index in [0.29, 0.717) is 13.0 Å². The molecule has 0 bridgehead atoms. The van der Waals surface area contributed by atoms with Gasteiger partial charge >= 0.3 is 5.91 Å². The van der Waals surface area contributed by atoms with Crippen LogP contribution in [0.3, 0.4) is 0 Å². The molecule has 0 spiro atoms. The number of allylic oxidation sites excluding steroid dienone is 4. The van der Waals surface area contributed by atoms with Crippen LogP contribution < -0.4 is 0 Å². The lowest BCUT2D eigenvalue weighted by Crippen LogP contribution is -2.71. The molecule has 5 aliphatic rings. The summed E-state index contributed by atoms with van der Waals surface area (Å²) in [6, 6.07) is 3.03. The number of halogens is 2. The maximum absolute atomic E-state index is 17.7. The summed E-state index contributed by atoms with van der Waals surface area (Å²) in [6.07, 6.45) is 3.52. The minimum Gasteiger partial charge on any atom is -0.459 e. The van der Waals surface area contributed by atoms with Crippen molar-refractivity contribution in [3.05, 3.63) is 48.0 Å². The quantitative estimate of drug-likeness (QED) is 0.438. The van der Waals surface area contributed by atoms with E-state index in [9.17, 15) is 19.5 Å². The van der Waals surface area contributed by atoms with Crippen molar-refractivity contribution in [3.63, 3.8) is 0 Å². The SMILES string of the molecule is C[C@@H]1CC2C3C[C@H](F)C4=CC(=O)C=C[C@]4(C)[C@@]3(F)[C@@H](O)C[C@]2(C)[C@@]1(ON(C)C(=O)c1ccco1)C(=O)COC1CCCCO1. The van der Waals surface area contributed by atoms with E-state index in [4.69, 9.17) is 18.7 Å². The van der Waals surface area contributed by atoms with Crippen molar-refractivity contribution in [2.24, 2.45) is 28.6 Å². The molecule has 6 rings (SSSR count). The van der Waals surface area contributed by atoms with Crippen LogP contribution in [0.15, 0.2) is 46.6 Å². The van der Waals surface area contributed by atoms with Crippen molar-refractivity contribution < 1.29 is 47.0 Å². The van der Waals surface area contributed by atoms with Crippen LogP contribution in [-0.4, -0.2) is 77.7 Å². The molecule has 10 atom stereocenters. The largest absolute Gasteiger partial charge is 0.459 e. The van der Waals surface area contributed by atoms with E-state index < -0.39 is 75.9 Å². The average Bonchev–Trinajstić information content (AvgIpc) is 3.61. The summed E-state index contributed by atoms with van der Waals surface area (Å²) in [7, 11) is 1.38. The summed E-state index contributed by atoms with van der Waals surface area (Å²) in [5.74, 6) is -3.72. The molecule has 2 heterocycles. The smallest absolute Gasteiger partial charge is 0.312 e. The maximum Gasteiger partial charge on any atom is 0.312 e. The molecule has 0 aromatic carbocycles. The fourth-order valence-corrected chi connectivity index (χ4v) is 9.29. The van der Waals surface area contributed by atoms with E-state index in [0.717, 1.165) is 24.0 Å². The van der Waals surface area contributed by atoms with Crippen LogP contribution in [-0.2, 0) is 23.9 Å². The number of hydroxylamine groups is 2. The van der Waals surface area contributed by atoms with E-state index in [-0.39, 0.29) is 37.2 Å². The molecule has 44 heavy (non-hydrogen) atoms. The number of ether oxygens (including phenoxy) is 2. The fourth-order valence-electron chi connectivity index (χ4n) is 9.29. The van der Waals surface area contributed by atoms with Gasteiger partial charge < -0.3 is 19.0 Å². The van der Waals surface area contributed by atoms with Crippen LogP contribution in [0.4, 0.5) is 8.78 Å². The second-order valence-corrected chi connectivity index (χ2v) is 13.6. The molecule has 3 unspecified atom stereocenters. The zero-order valence-electron chi connectivity index (χ0n) is 25.6. The summed E-state index contributed by atoms with van der Waals surface area (Å²) in [5, 5.41) is 12.8. The minimum atomic E-state index is -2.32. The Labute approximate surface area is 255 Å². The number of rotatable bonds is 7. The Hall–Kier alpha value is -2.73. The number of aliphatic hydroxyl groups is 1. The Balaban J connectivity index is 1.40. The summed E-state index contributed by atoms with van der Waals surface area (Å²) in [6.45, 7) is 5.24. The molecule has 240 valence electrons. The van der Waals surface area contributed by atoms with Crippen molar-refractivity contribution in [1.82, 2.24) is 5.06 Å². The third-order valence-electron chi connectivity index (χ3n) is 11.4. The highest BCUT2D eigenvalue weighted by atomic mass is 19.1. The summed E-state index contributed by atoms with van der Waals surface area (Å²) in [5.41, 5.74) is -6.82. The first-order valence-electron chi connectivity index (χ1n) is 15.5. The van der Waals surface area contributed by atoms with Crippen molar-refractivity contribution in [1.29, 1.82) is 0 Å². The van der Waals surface area contributed by atoms with Gasteiger partial charge in [0.2, 0.25) is 0 Å². The van der Waals surface area contributed by atoms with Gasteiger partial charge in [0.05, 0.1) is 12.4 Å². The van der Waals surface area contributed by atoms with Gasteiger partial charge in [0.15, 0.2) is 34.9 Å². The summed E-state index contributed by atoms with van der Waals surface area (Å²) >= 11 is 0. The predicted octanol–water partition coefficient (Wildman–Crippen LogP) is 4.70. The topological polar surface area (TPSA) is 116 Å². The molecule has 4 aliphatic carbocycles. The lowest BCUT2D eigenvalue weighted by atomic mass is 9.44. The Morgan fingerprint density at radius 2 is 1.98 bits per heavy atom. The average molecular weight is 618 g/mol. The Morgan fingerprint density at radius 3 is 2.66 bits per heavy atom. The molecule has 1 amide bonds. The second kappa shape index (κ2) is 11.0. The van der Waals surface area contributed by atoms with Gasteiger partial charge in [-0.15, -0.1) is 0 Å². The highest BCUT2D eigenvalue weighted by Gasteiger charge is 2.78. The number of carbonyl (C=O) groups is 3. The monoisotopic (exact) mass is 617 g/mol. The van der Waals surface area contributed by atoms with Gasteiger partial charge in [0.25, 0.3) is 0 Å². The van der Waals surface area contributed by atoms with E-state index in [1.54, 1.807) is 19.9 Å². The van der Waals surface area contributed by atoms with Crippen LogP contribution in [0.1, 0.15) is 69.9 Å².